The molecule has 1 N–H and O–H groups in total. The number of hydrogen-bond donors (Lipinski definition) is 1. The minimum Gasteiger partial charge on any atom is -0.493 e. The van der Waals surface area contributed by atoms with Crippen LogP contribution in [0.25, 0.3) is 10.8 Å². The Morgan fingerprint density at radius 2 is 1.90 bits per heavy atom. The van der Waals surface area contributed by atoms with Crippen LogP contribution in [0.15, 0.2) is 54.7 Å². The van der Waals surface area contributed by atoms with Crippen LogP contribution in [0, 0.1) is 0 Å². The summed E-state index contributed by atoms with van der Waals surface area (Å²) in [6, 6.07) is 17.2. The highest BCUT2D eigenvalue weighted by atomic mass is 16.5. The van der Waals surface area contributed by atoms with Crippen molar-refractivity contribution in [3.8, 4) is 11.5 Å². The van der Waals surface area contributed by atoms with Crippen molar-refractivity contribution in [2.24, 2.45) is 0 Å². The zero-order valence-electron chi connectivity index (χ0n) is 17.9. The second kappa shape index (κ2) is 9.81. The number of nitrogens with zero attached hydrogens (tertiary/aromatic N) is 2. The molecule has 0 radical (unpaired) electrons. The van der Waals surface area contributed by atoms with Gasteiger partial charge in [-0.2, -0.15) is 0 Å². The van der Waals surface area contributed by atoms with Crippen LogP contribution in [0.4, 0.5) is 5.82 Å². The third-order valence-electron chi connectivity index (χ3n) is 5.70. The first-order valence-corrected chi connectivity index (χ1v) is 10.9. The van der Waals surface area contributed by atoms with Gasteiger partial charge in [-0.15, -0.1) is 0 Å². The molecule has 1 fully saturated rings. The van der Waals surface area contributed by atoms with Crippen LogP contribution in [0.2, 0.25) is 0 Å². The molecule has 30 heavy (non-hydrogen) atoms. The Balaban J connectivity index is 1.34. The Morgan fingerprint density at radius 1 is 1.07 bits per heavy atom. The molecule has 1 saturated heterocycles. The Kier molecular flexibility index (Phi) is 6.70. The topological polar surface area (TPSA) is 46.6 Å². The molecular weight excluding hydrogens is 374 g/mol. The lowest BCUT2D eigenvalue weighted by atomic mass is 10.0. The average molecular weight is 406 g/mol. The van der Waals surface area contributed by atoms with E-state index in [0.29, 0.717) is 12.6 Å². The quantitative estimate of drug-likeness (QED) is 0.564. The van der Waals surface area contributed by atoms with Crippen LogP contribution in [0.1, 0.15) is 31.7 Å². The van der Waals surface area contributed by atoms with Gasteiger partial charge >= 0.3 is 0 Å². The first-order chi connectivity index (χ1) is 14.8. The van der Waals surface area contributed by atoms with Crippen molar-refractivity contribution in [1.82, 2.24) is 9.88 Å². The minimum absolute atomic E-state index is 0.457. The smallest absolute Gasteiger partial charge is 0.161 e. The number of anilines is 1. The van der Waals surface area contributed by atoms with Crippen molar-refractivity contribution in [1.29, 1.82) is 0 Å². The van der Waals surface area contributed by atoms with Crippen molar-refractivity contribution in [3.05, 3.63) is 60.3 Å². The van der Waals surface area contributed by atoms with Crippen molar-refractivity contribution in [2.75, 3.05) is 32.1 Å². The number of ether oxygens (including phenoxy) is 2. The molecule has 5 nitrogen and oxygen atoms in total. The molecule has 3 aromatic rings. The van der Waals surface area contributed by atoms with Crippen LogP contribution in [0.5, 0.6) is 11.5 Å². The molecule has 0 atom stereocenters. The second-order valence-electron chi connectivity index (χ2n) is 7.91. The fourth-order valence-electron chi connectivity index (χ4n) is 4.07. The first kappa shape index (κ1) is 20.5. The standard InChI is InChI=1S/C25H31N3O2/c1-3-16-30-24-17-19(8-9-23(24)29-2)18-28-14-11-21(12-15-28)27-25-22-7-5-4-6-20(22)10-13-26-25/h4-10,13,17,21H,3,11-12,14-16,18H2,1-2H3,(H,26,27). The largest absolute Gasteiger partial charge is 0.493 e. The first-order valence-electron chi connectivity index (χ1n) is 10.9. The Hall–Kier alpha value is -2.79. The van der Waals surface area contributed by atoms with Gasteiger partial charge in [0.15, 0.2) is 11.5 Å². The summed E-state index contributed by atoms with van der Waals surface area (Å²) in [5.74, 6) is 2.65. The normalized spacial score (nSPS) is 15.3. The molecule has 4 rings (SSSR count). The van der Waals surface area contributed by atoms with E-state index in [1.807, 2.05) is 12.3 Å². The van der Waals surface area contributed by atoms with Gasteiger partial charge in [0.25, 0.3) is 0 Å². The maximum Gasteiger partial charge on any atom is 0.161 e. The highest BCUT2D eigenvalue weighted by Crippen LogP contribution is 2.29. The SMILES string of the molecule is CCCOc1cc(CN2CCC(Nc3nccc4ccccc34)CC2)ccc1OC. The van der Waals surface area contributed by atoms with E-state index in [1.54, 1.807) is 7.11 Å². The average Bonchev–Trinajstić information content (AvgIpc) is 2.79. The Bertz CT molecular complexity index is 962. The van der Waals surface area contributed by atoms with Gasteiger partial charge in [-0.1, -0.05) is 37.3 Å². The van der Waals surface area contributed by atoms with E-state index in [4.69, 9.17) is 9.47 Å². The predicted octanol–water partition coefficient (Wildman–Crippen LogP) is 5.11. The number of piperidine rings is 1. The molecule has 5 heteroatoms. The summed E-state index contributed by atoms with van der Waals surface area (Å²) in [5, 5.41) is 6.11. The molecular formula is C25H31N3O2. The molecule has 0 amide bonds. The summed E-state index contributed by atoms with van der Waals surface area (Å²) in [5.41, 5.74) is 1.27. The van der Waals surface area contributed by atoms with Gasteiger partial charge in [0.05, 0.1) is 13.7 Å². The summed E-state index contributed by atoms with van der Waals surface area (Å²) in [7, 11) is 1.69. The van der Waals surface area contributed by atoms with E-state index >= 15 is 0 Å². The summed E-state index contributed by atoms with van der Waals surface area (Å²) in [6.07, 6.45) is 5.10. The number of likely N-dealkylation sites (tertiary alicyclic amines) is 1. The fraction of sp³-hybridized carbons (Fsp3) is 0.400. The Labute approximate surface area is 179 Å². The molecule has 0 spiro atoms. The van der Waals surface area contributed by atoms with E-state index in [1.165, 1.54) is 16.3 Å². The molecule has 1 aromatic heterocycles. The van der Waals surface area contributed by atoms with Gasteiger partial charge in [-0.05, 0) is 48.4 Å². The van der Waals surface area contributed by atoms with Gasteiger partial charge in [0.2, 0.25) is 0 Å². The summed E-state index contributed by atoms with van der Waals surface area (Å²) >= 11 is 0. The van der Waals surface area contributed by atoms with E-state index < -0.39 is 0 Å². The molecule has 0 aliphatic carbocycles. The lowest BCUT2D eigenvalue weighted by molar-refractivity contribution is 0.210. The van der Waals surface area contributed by atoms with E-state index in [2.05, 4.69) is 64.6 Å². The Morgan fingerprint density at radius 3 is 2.70 bits per heavy atom. The number of aromatic nitrogens is 1. The molecule has 1 aliphatic rings. The molecule has 0 bridgehead atoms. The molecule has 0 saturated carbocycles. The van der Waals surface area contributed by atoms with Crippen LogP contribution < -0.4 is 14.8 Å². The molecule has 2 aromatic carbocycles. The highest BCUT2D eigenvalue weighted by Gasteiger charge is 2.20. The zero-order chi connectivity index (χ0) is 20.8. The maximum absolute atomic E-state index is 5.87. The van der Waals surface area contributed by atoms with Gasteiger partial charge in [0, 0.05) is 37.3 Å². The van der Waals surface area contributed by atoms with Crippen LogP contribution >= 0.6 is 0 Å². The number of nitrogens with one attached hydrogen (secondary N) is 1. The van der Waals surface area contributed by atoms with Gasteiger partial charge < -0.3 is 14.8 Å². The van der Waals surface area contributed by atoms with Crippen molar-refractivity contribution in [3.63, 3.8) is 0 Å². The monoisotopic (exact) mass is 405 g/mol. The third-order valence-corrected chi connectivity index (χ3v) is 5.70. The summed E-state index contributed by atoms with van der Waals surface area (Å²) in [4.78, 5) is 7.10. The number of hydrogen-bond acceptors (Lipinski definition) is 5. The molecule has 158 valence electrons. The molecule has 2 heterocycles. The van der Waals surface area contributed by atoms with E-state index in [-0.39, 0.29) is 0 Å². The summed E-state index contributed by atoms with van der Waals surface area (Å²) < 4.78 is 11.3. The van der Waals surface area contributed by atoms with E-state index in [9.17, 15) is 0 Å². The number of pyridine rings is 1. The van der Waals surface area contributed by atoms with Gasteiger partial charge in [-0.25, -0.2) is 4.98 Å². The third kappa shape index (κ3) is 4.85. The van der Waals surface area contributed by atoms with Gasteiger partial charge in [0.1, 0.15) is 5.82 Å². The van der Waals surface area contributed by atoms with Gasteiger partial charge in [-0.3, -0.25) is 4.90 Å². The van der Waals surface area contributed by atoms with Crippen LogP contribution in [0.3, 0.4) is 0 Å². The minimum atomic E-state index is 0.457. The predicted molar refractivity (Wildman–Crippen MR) is 122 cm³/mol. The van der Waals surface area contributed by atoms with Crippen molar-refractivity contribution >= 4 is 16.6 Å². The van der Waals surface area contributed by atoms with Crippen molar-refractivity contribution in [2.45, 2.75) is 38.8 Å². The number of rotatable bonds is 8. The molecule has 1 aliphatic heterocycles. The second-order valence-corrected chi connectivity index (χ2v) is 7.91. The maximum atomic E-state index is 5.87. The summed E-state index contributed by atoms with van der Waals surface area (Å²) in [6.45, 7) is 5.90. The fourth-order valence-corrected chi connectivity index (χ4v) is 4.07. The van der Waals surface area contributed by atoms with Crippen LogP contribution in [-0.4, -0.2) is 42.7 Å². The number of fused-ring (bicyclic) bond motifs is 1. The van der Waals surface area contributed by atoms with Crippen molar-refractivity contribution < 1.29 is 9.47 Å². The lowest BCUT2D eigenvalue weighted by Gasteiger charge is -2.33. The van der Waals surface area contributed by atoms with E-state index in [0.717, 1.165) is 56.2 Å². The number of benzene rings is 2. The van der Waals surface area contributed by atoms with Crippen LogP contribution in [-0.2, 0) is 6.54 Å². The lowest BCUT2D eigenvalue weighted by Crippen LogP contribution is -2.38. The molecule has 0 unspecified atom stereocenters. The highest BCUT2D eigenvalue weighted by molar-refractivity contribution is 5.91. The number of methoxy groups -OCH3 is 1. The zero-order valence-corrected chi connectivity index (χ0v) is 17.9.